The average molecular weight is 953 g/mol. The van der Waals surface area contributed by atoms with Crippen LogP contribution in [0.5, 0.6) is 0 Å². The first-order valence-electron chi connectivity index (χ1n) is 26.5. The van der Waals surface area contributed by atoms with E-state index in [1.54, 1.807) is 0 Å². The van der Waals surface area contributed by atoms with Gasteiger partial charge in [0, 0.05) is 25.9 Å². The van der Waals surface area contributed by atoms with Crippen LogP contribution in [0.15, 0.2) is 66.8 Å². The second-order valence-electron chi connectivity index (χ2n) is 17.6. The summed E-state index contributed by atoms with van der Waals surface area (Å²) in [5.41, 5.74) is 2.05. The monoisotopic (exact) mass is 953 g/mol. The van der Waals surface area contributed by atoms with E-state index < -0.39 is 18.7 Å². The molecule has 1 N–H and O–H groups in total. The zero-order valence-electron chi connectivity index (χ0n) is 42.9. The van der Waals surface area contributed by atoms with Gasteiger partial charge in [-0.15, -0.1) is 0 Å². The van der Waals surface area contributed by atoms with Gasteiger partial charge in [0.2, 0.25) is 0 Å². The van der Waals surface area contributed by atoms with Crippen molar-refractivity contribution in [1.82, 2.24) is 10.2 Å². The molecule has 1 fully saturated rings. The quantitative estimate of drug-likeness (QED) is 0.0221. The summed E-state index contributed by atoms with van der Waals surface area (Å²) in [5, 5.41) is 2.84. The number of rotatable bonds is 43. The summed E-state index contributed by atoms with van der Waals surface area (Å²) < 4.78 is 41.4. The van der Waals surface area contributed by atoms with Crippen molar-refractivity contribution in [3.8, 4) is 0 Å². The van der Waals surface area contributed by atoms with Crippen LogP contribution in [0.1, 0.15) is 186 Å². The molecule has 1 aromatic carbocycles. The van der Waals surface area contributed by atoms with Crippen LogP contribution in [-0.2, 0) is 62.6 Å². The third kappa shape index (κ3) is 34.5. The van der Waals surface area contributed by atoms with E-state index in [-0.39, 0.29) is 44.6 Å². The van der Waals surface area contributed by atoms with Gasteiger partial charge >= 0.3 is 18.0 Å². The third-order valence-electron chi connectivity index (χ3n) is 11.3. The van der Waals surface area contributed by atoms with Gasteiger partial charge < -0.3 is 43.4 Å². The lowest BCUT2D eigenvalue weighted by molar-refractivity contribution is -0.158. The lowest BCUT2D eigenvalue weighted by atomic mass is 10.1. The molecule has 12 nitrogen and oxygen atoms in total. The zero-order valence-corrected chi connectivity index (χ0v) is 42.9. The predicted molar refractivity (Wildman–Crippen MR) is 273 cm³/mol. The van der Waals surface area contributed by atoms with Crippen molar-refractivity contribution >= 4 is 18.0 Å². The lowest BCUT2D eigenvalue weighted by Crippen LogP contribution is -2.33. The topological polar surface area (TPSA) is 131 Å². The molecule has 68 heavy (non-hydrogen) atoms. The van der Waals surface area contributed by atoms with Crippen LogP contribution < -0.4 is 5.32 Å². The maximum Gasteiger partial charge on any atom is 0.407 e. The van der Waals surface area contributed by atoms with E-state index in [1.165, 1.54) is 38.5 Å². The van der Waals surface area contributed by atoms with Crippen LogP contribution in [0.3, 0.4) is 0 Å². The number of hydrogen-bond donors (Lipinski definition) is 1. The molecule has 0 aromatic heterocycles. The molecule has 0 bridgehead atoms. The molecule has 0 aliphatic carbocycles. The fourth-order valence-electron chi connectivity index (χ4n) is 7.29. The summed E-state index contributed by atoms with van der Waals surface area (Å²) in [4.78, 5) is 41.2. The Morgan fingerprint density at radius 2 is 0.853 bits per heavy atom. The van der Waals surface area contributed by atoms with Gasteiger partial charge in [-0.1, -0.05) is 128 Å². The minimum Gasteiger partial charge on any atom is -0.461 e. The number of amides is 1. The van der Waals surface area contributed by atoms with Crippen molar-refractivity contribution in [2.45, 2.75) is 201 Å². The van der Waals surface area contributed by atoms with Crippen molar-refractivity contribution in [2.24, 2.45) is 0 Å². The molecule has 12 heteroatoms. The molecule has 0 unspecified atom stereocenters. The number of unbranched alkanes of at least 4 members (excludes halogenated alkanes) is 8. The zero-order chi connectivity index (χ0) is 49.0. The Bertz CT molecular complexity index is 1400. The van der Waals surface area contributed by atoms with E-state index in [0.717, 1.165) is 96.7 Å². The minimum absolute atomic E-state index is 0.00579. The van der Waals surface area contributed by atoms with E-state index in [1.807, 2.05) is 18.2 Å². The molecule has 0 saturated carbocycles. The normalized spacial score (nSPS) is 13.4. The number of esters is 2. The number of likely N-dealkylation sites (tertiary alicyclic amines) is 1. The lowest BCUT2D eigenvalue weighted by Gasteiger charge is -2.18. The molecule has 386 valence electrons. The number of ether oxygens (including phenoxy) is 7. The highest BCUT2D eigenvalue weighted by Crippen LogP contribution is 2.17. The molecule has 1 heterocycles. The van der Waals surface area contributed by atoms with E-state index in [4.69, 9.17) is 33.2 Å². The summed E-state index contributed by atoms with van der Waals surface area (Å²) in [6.45, 7) is 14.1. The molecule has 1 aliphatic rings. The van der Waals surface area contributed by atoms with Gasteiger partial charge in [0.25, 0.3) is 0 Å². The molecular formula is C56H92N2O10. The molecule has 1 aromatic rings. The van der Waals surface area contributed by atoms with Crippen LogP contribution in [0.25, 0.3) is 0 Å². The van der Waals surface area contributed by atoms with Crippen LogP contribution >= 0.6 is 0 Å². The third-order valence-corrected chi connectivity index (χ3v) is 11.3. The van der Waals surface area contributed by atoms with Gasteiger partial charge in [-0.3, -0.25) is 9.59 Å². The molecule has 1 amide bonds. The Balaban J connectivity index is 2.04. The van der Waals surface area contributed by atoms with Crippen molar-refractivity contribution < 1.29 is 47.5 Å². The van der Waals surface area contributed by atoms with Crippen LogP contribution in [0.2, 0.25) is 0 Å². The second kappa shape index (κ2) is 43.2. The second-order valence-corrected chi connectivity index (χ2v) is 17.6. The highest BCUT2D eigenvalue weighted by atomic mass is 16.7. The maximum atomic E-state index is 13.1. The van der Waals surface area contributed by atoms with E-state index in [0.29, 0.717) is 62.5 Å². The van der Waals surface area contributed by atoms with E-state index >= 15 is 0 Å². The number of nitrogens with zero attached hydrogens (tertiary/aromatic N) is 1. The summed E-state index contributed by atoms with van der Waals surface area (Å²) >= 11 is 0. The predicted octanol–water partition coefficient (Wildman–Crippen LogP) is 12.9. The highest BCUT2D eigenvalue weighted by molar-refractivity contribution is 5.70. The molecular weight excluding hydrogens is 861 g/mol. The van der Waals surface area contributed by atoms with E-state index in [9.17, 15) is 14.4 Å². The van der Waals surface area contributed by atoms with E-state index in [2.05, 4.69) is 86.5 Å². The van der Waals surface area contributed by atoms with Gasteiger partial charge in [-0.05, 0) is 112 Å². The van der Waals surface area contributed by atoms with Crippen molar-refractivity contribution in [1.29, 1.82) is 0 Å². The number of alkyl carbamates (subject to hydrolysis) is 1. The Labute approximate surface area is 412 Å². The molecule has 0 spiro atoms. The fourth-order valence-corrected chi connectivity index (χ4v) is 7.29. The molecule has 2 rings (SSSR count). The Hall–Kier alpha value is -3.81. The smallest absolute Gasteiger partial charge is 0.407 e. The van der Waals surface area contributed by atoms with Crippen molar-refractivity contribution in [2.75, 3.05) is 52.6 Å². The fraction of sp³-hybridized carbons (Fsp3) is 0.696. The molecule has 1 saturated heterocycles. The standard InChI is InChI=1S/C56H92N2O10/c1-5-9-13-17-21-27-39-62-54(63-40-28-22-18-14-10-6-2)33-31-52(59)66-46-49-43-50(45-51(44-49)48-68-56(61)57-35-38-58-36-25-26-37-58)47-67-53(60)32-34-55(64-41-29-23-19-15-11-7-3)65-42-30-24-20-16-12-8-4/h17-24,43-45,54-55H,5-16,25-42,46-48H2,1-4H3,(H,57,61)/b21-17-,22-18-,23-19-,24-20-. The van der Waals surface area contributed by atoms with Crippen LogP contribution in [0.4, 0.5) is 4.79 Å². The average Bonchev–Trinajstić information content (AvgIpc) is 3.87. The number of carbonyl (C=O) groups excluding carboxylic acids is 3. The molecule has 0 radical (unpaired) electrons. The first-order valence-corrected chi connectivity index (χ1v) is 26.5. The van der Waals surface area contributed by atoms with Gasteiger partial charge in [-0.2, -0.15) is 0 Å². The van der Waals surface area contributed by atoms with Crippen LogP contribution in [0, 0.1) is 0 Å². The Morgan fingerprint density at radius 1 is 0.515 bits per heavy atom. The van der Waals surface area contributed by atoms with Crippen LogP contribution in [-0.4, -0.2) is 88.1 Å². The van der Waals surface area contributed by atoms with Crippen molar-refractivity contribution in [3.63, 3.8) is 0 Å². The first-order chi connectivity index (χ1) is 33.4. The number of allylic oxidation sites excluding steroid dienone is 4. The highest BCUT2D eigenvalue weighted by Gasteiger charge is 2.17. The minimum atomic E-state index is -0.526. The first kappa shape index (κ1) is 60.3. The maximum absolute atomic E-state index is 13.1. The number of benzene rings is 1. The largest absolute Gasteiger partial charge is 0.461 e. The van der Waals surface area contributed by atoms with Gasteiger partial charge in [0.15, 0.2) is 12.6 Å². The number of carbonyl (C=O) groups is 3. The summed E-state index contributed by atoms with van der Waals surface area (Å²) in [6, 6.07) is 5.52. The summed E-state index contributed by atoms with van der Waals surface area (Å²) in [5.74, 6) is -0.765. The Kier molecular flexibility index (Phi) is 38.3. The molecule has 1 aliphatic heterocycles. The summed E-state index contributed by atoms with van der Waals surface area (Å²) in [7, 11) is 0. The van der Waals surface area contributed by atoms with Gasteiger partial charge in [0.1, 0.15) is 19.8 Å². The van der Waals surface area contributed by atoms with Crippen molar-refractivity contribution in [3.05, 3.63) is 83.5 Å². The van der Waals surface area contributed by atoms with Gasteiger partial charge in [0.05, 0.1) is 39.3 Å². The van der Waals surface area contributed by atoms with Gasteiger partial charge in [-0.25, -0.2) is 4.79 Å². The number of nitrogens with one attached hydrogen (secondary N) is 1. The Morgan fingerprint density at radius 3 is 1.21 bits per heavy atom. The SMILES string of the molecule is CCCC/C=C\CCOC(CCC(=O)OCc1cc(COC(=O)CCC(OCC/C=C\CCCC)OCC/C=C\CCCC)cc(COC(=O)NCCN2CCCC2)c1)OCC/C=C\CCCC. The number of hydrogen-bond acceptors (Lipinski definition) is 11. The summed E-state index contributed by atoms with van der Waals surface area (Å²) in [6.07, 6.45) is 35.8. The molecule has 0 atom stereocenters.